The summed E-state index contributed by atoms with van der Waals surface area (Å²) in [6.07, 6.45) is -6.92. The number of nitrogens with one attached hydrogen (secondary N) is 1. The predicted molar refractivity (Wildman–Crippen MR) is 117 cm³/mol. The highest BCUT2D eigenvalue weighted by Gasteiger charge is 2.48. The van der Waals surface area contributed by atoms with Crippen LogP contribution in [0.5, 0.6) is 5.88 Å². The molecule has 0 amide bonds. The van der Waals surface area contributed by atoms with Gasteiger partial charge in [-0.25, -0.2) is 18.4 Å². The van der Waals surface area contributed by atoms with E-state index in [0.29, 0.717) is 0 Å². The average molecular weight is 511 g/mol. The summed E-state index contributed by atoms with van der Waals surface area (Å²) in [5.41, 5.74) is -0.444. The van der Waals surface area contributed by atoms with E-state index in [4.69, 9.17) is 16.3 Å². The molecule has 1 atom stereocenters. The SMILES string of the molecule is O=S(=O)(Nc1nc2ccccc2nc1OC(c1cccc[n+]1[O-])C(F)(F)F)c1ccccc1Cl. The molecule has 4 rings (SSSR count). The van der Waals surface area contributed by atoms with Crippen molar-refractivity contribution in [1.82, 2.24) is 9.97 Å². The molecule has 0 saturated heterocycles. The first-order valence-corrected chi connectivity index (χ1v) is 11.4. The number of aromatic nitrogens is 3. The standard InChI is InChI=1S/C21H14ClF3N4O4S/c22-13-7-1-4-11-17(13)34(31,32)28-19-20(27-15-9-3-2-8-14(15)26-19)33-18(21(23,24)25)16-10-5-6-12-29(16)30/h1-12,18H,(H,26,28). The first-order chi connectivity index (χ1) is 16.1. The van der Waals surface area contributed by atoms with Crippen molar-refractivity contribution in [3.8, 4) is 5.88 Å². The molecule has 4 aromatic rings. The van der Waals surface area contributed by atoms with E-state index in [1.807, 2.05) is 0 Å². The molecular weight excluding hydrogens is 497 g/mol. The quantitative estimate of drug-likeness (QED) is 0.304. The maximum atomic E-state index is 13.9. The molecule has 0 spiro atoms. The van der Waals surface area contributed by atoms with Crippen LogP contribution >= 0.6 is 11.6 Å². The van der Waals surface area contributed by atoms with E-state index >= 15 is 0 Å². The molecule has 2 aromatic carbocycles. The monoisotopic (exact) mass is 510 g/mol. The number of anilines is 1. The second-order valence-corrected chi connectivity index (χ2v) is 8.95. The number of rotatable bonds is 6. The molecule has 0 bridgehead atoms. The Balaban J connectivity index is 1.84. The van der Waals surface area contributed by atoms with Crippen molar-refractivity contribution in [2.45, 2.75) is 17.2 Å². The third kappa shape index (κ3) is 4.82. The van der Waals surface area contributed by atoms with Crippen molar-refractivity contribution >= 4 is 38.5 Å². The van der Waals surface area contributed by atoms with Crippen LogP contribution in [0.25, 0.3) is 11.0 Å². The molecule has 0 aliphatic carbocycles. The molecule has 0 radical (unpaired) electrons. The van der Waals surface area contributed by atoms with E-state index in [1.54, 1.807) is 12.1 Å². The lowest BCUT2D eigenvalue weighted by atomic mass is 10.2. The zero-order valence-corrected chi connectivity index (χ0v) is 18.5. The number of para-hydroxylation sites is 2. The Bertz CT molecular complexity index is 1470. The Morgan fingerprint density at radius 3 is 2.24 bits per heavy atom. The Hall–Kier alpha value is -3.64. The molecule has 2 heterocycles. The number of nitrogens with zero attached hydrogens (tertiary/aromatic N) is 3. The van der Waals surface area contributed by atoms with Gasteiger partial charge in [0.1, 0.15) is 4.90 Å². The number of halogens is 4. The summed E-state index contributed by atoms with van der Waals surface area (Å²) in [5, 5.41) is 11.9. The fourth-order valence-corrected chi connectivity index (χ4v) is 4.55. The molecule has 176 valence electrons. The van der Waals surface area contributed by atoms with Crippen LogP contribution in [0.1, 0.15) is 11.8 Å². The summed E-state index contributed by atoms with van der Waals surface area (Å²) in [6.45, 7) is 0. The van der Waals surface area contributed by atoms with Gasteiger partial charge in [0.05, 0.1) is 16.1 Å². The number of benzene rings is 2. The molecular formula is C21H14ClF3N4O4S. The number of alkyl halides is 3. The number of hydrogen-bond acceptors (Lipinski definition) is 6. The van der Waals surface area contributed by atoms with E-state index < -0.39 is 39.7 Å². The van der Waals surface area contributed by atoms with Crippen molar-refractivity contribution in [1.29, 1.82) is 0 Å². The summed E-state index contributed by atoms with van der Waals surface area (Å²) in [4.78, 5) is 7.79. The maximum Gasteiger partial charge on any atom is 0.435 e. The van der Waals surface area contributed by atoms with Gasteiger partial charge < -0.3 is 9.94 Å². The highest BCUT2D eigenvalue weighted by atomic mass is 35.5. The first kappa shape index (κ1) is 23.5. The highest BCUT2D eigenvalue weighted by molar-refractivity contribution is 7.92. The lowest BCUT2D eigenvalue weighted by Gasteiger charge is -2.21. The third-order valence-corrected chi connectivity index (χ3v) is 6.38. The van der Waals surface area contributed by atoms with E-state index in [2.05, 4.69) is 14.7 Å². The van der Waals surface area contributed by atoms with E-state index in [1.165, 1.54) is 48.5 Å². The summed E-state index contributed by atoms with van der Waals surface area (Å²) < 4.78 is 74.7. The molecule has 8 nitrogen and oxygen atoms in total. The molecule has 0 aliphatic heterocycles. The van der Waals surface area contributed by atoms with Crippen molar-refractivity contribution < 1.29 is 31.1 Å². The maximum absolute atomic E-state index is 13.9. The van der Waals surface area contributed by atoms with Gasteiger partial charge in [-0.1, -0.05) is 35.9 Å². The van der Waals surface area contributed by atoms with Crippen LogP contribution in [0.4, 0.5) is 19.0 Å². The van der Waals surface area contributed by atoms with Crippen molar-refractivity contribution in [3.05, 3.63) is 88.9 Å². The zero-order chi connectivity index (χ0) is 24.5. The molecule has 1 unspecified atom stereocenters. The predicted octanol–water partition coefficient (Wildman–Crippen LogP) is 4.40. The number of pyridine rings is 1. The van der Waals surface area contributed by atoms with Crippen LogP contribution in [0.3, 0.4) is 0 Å². The first-order valence-electron chi connectivity index (χ1n) is 9.52. The lowest BCUT2D eigenvalue weighted by Crippen LogP contribution is -2.40. The van der Waals surface area contributed by atoms with Gasteiger partial charge in [0.25, 0.3) is 22.0 Å². The number of ether oxygens (including phenoxy) is 1. The van der Waals surface area contributed by atoms with Gasteiger partial charge in [-0.05, 0) is 30.3 Å². The molecule has 0 fully saturated rings. The number of fused-ring (bicyclic) bond motifs is 1. The number of hydrogen-bond donors (Lipinski definition) is 1. The fraction of sp³-hybridized carbons (Fsp3) is 0.0952. The molecule has 1 N–H and O–H groups in total. The summed E-state index contributed by atoms with van der Waals surface area (Å²) >= 11 is 5.98. The Kier molecular flexibility index (Phi) is 6.19. The van der Waals surface area contributed by atoms with Gasteiger partial charge >= 0.3 is 6.18 Å². The van der Waals surface area contributed by atoms with Crippen LogP contribution in [-0.2, 0) is 10.0 Å². The Morgan fingerprint density at radius 1 is 0.971 bits per heavy atom. The van der Waals surface area contributed by atoms with Gasteiger partial charge in [0.15, 0.2) is 6.20 Å². The van der Waals surface area contributed by atoms with E-state index in [0.717, 1.165) is 12.3 Å². The van der Waals surface area contributed by atoms with Crippen LogP contribution in [0.15, 0.2) is 77.8 Å². The van der Waals surface area contributed by atoms with Crippen LogP contribution in [0, 0.1) is 5.21 Å². The van der Waals surface area contributed by atoms with Crippen molar-refractivity contribution in [2.24, 2.45) is 0 Å². The zero-order valence-electron chi connectivity index (χ0n) is 16.9. The topological polar surface area (TPSA) is 108 Å². The summed E-state index contributed by atoms with van der Waals surface area (Å²) in [7, 11) is -4.39. The molecule has 13 heteroatoms. The van der Waals surface area contributed by atoms with Crippen LogP contribution in [0.2, 0.25) is 5.02 Å². The molecule has 0 saturated carbocycles. The van der Waals surface area contributed by atoms with Gasteiger partial charge in [-0.15, -0.1) is 0 Å². The molecule has 34 heavy (non-hydrogen) atoms. The summed E-state index contributed by atoms with van der Waals surface area (Å²) in [6, 6.07) is 15.0. The van der Waals surface area contributed by atoms with E-state index in [-0.39, 0.29) is 25.7 Å². The Labute approximate surface area is 196 Å². The molecule has 0 aliphatic rings. The van der Waals surface area contributed by atoms with Crippen LogP contribution < -0.4 is 14.2 Å². The normalized spacial score (nSPS) is 12.9. The third-order valence-electron chi connectivity index (χ3n) is 4.55. The lowest BCUT2D eigenvalue weighted by molar-refractivity contribution is -0.621. The minimum Gasteiger partial charge on any atom is -0.618 e. The van der Waals surface area contributed by atoms with Crippen molar-refractivity contribution in [3.63, 3.8) is 0 Å². The van der Waals surface area contributed by atoms with Crippen molar-refractivity contribution in [2.75, 3.05) is 4.72 Å². The van der Waals surface area contributed by atoms with Crippen LogP contribution in [-0.4, -0.2) is 24.6 Å². The number of sulfonamides is 1. The van der Waals surface area contributed by atoms with Gasteiger partial charge in [-0.3, -0.25) is 4.72 Å². The van der Waals surface area contributed by atoms with Gasteiger partial charge in [-0.2, -0.15) is 17.9 Å². The minimum atomic E-state index is -5.04. The minimum absolute atomic E-state index is 0.000218. The fourth-order valence-electron chi connectivity index (χ4n) is 3.03. The van der Waals surface area contributed by atoms with Gasteiger partial charge in [0, 0.05) is 12.1 Å². The largest absolute Gasteiger partial charge is 0.618 e. The molecule has 2 aromatic heterocycles. The van der Waals surface area contributed by atoms with Gasteiger partial charge in [0.2, 0.25) is 11.5 Å². The second-order valence-electron chi connectivity index (χ2n) is 6.89. The second kappa shape index (κ2) is 8.95. The van der Waals surface area contributed by atoms with E-state index in [9.17, 15) is 26.8 Å². The highest BCUT2D eigenvalue weighted by Crippen LogP contribution is 2.38. The Morgan fingerprint density at radius 2 is 1.59 bits per heavy atom. The average Bonchev–Trinajstić information content (AvgIpc) is 2.77. The summed E-state index contributed by atoms with van der Waals surface area (Å²) in [5.74, 6) is -1.39. The smallest absolute Gasteiger partial charge is 0.435 e.